The quantitative estimate of drug-likeness (QED) is 0.142. The molecule has 0 radical (unpaired) electrons. The maximum atomic E-state index is 2.62. The third kappa shape index (κ3) is 6.69. The van der Waals surface area contributed by atoms with Crippen molar-refractivity contribution >= 4 is 76.4 Å². The molecule has 352 valence electrons. The SMILES string of the molecule is c1ccc(-c2ccc(-c3c(-c4ccc(N(c5ccc6c(c5)sc5ccccc56)c5cccc6c5C57c8c(cccc8N(c8ccccc8)c8ccccc8)CC5CCC7C6)cc4)ccc4ccccc34)cc2)cc1. The van der Waals surface area contributed by atoms with Crippen molar-refractivity contribution in [3.63, 3.8) is 0 Å². The van der Waals surface area contributed by atoms with Gasteiger partial charge in [-0.3, -0.25) is 0 Å². The average molecular weight is 965 g/mol. The van der Waals surface area contributed by atoms with Gasteiger partial charge in [-0.25, -0.2) is 0 Å². The van der Waals surface area contributed by atoms with Gasteiger partial charge in [-0.1, -0.05) is 188 Å². The van der Waals surface area contributed by atoms with Crippen molar-refractivity contribution in [1.29, 1.82) is 0 Å². The van der Waals surface area contributed by atoms with E-state index in [1.54, 1.807) is 0 Å². The summed E-state index contributed by atoms with van der Waals surface area (Å²) in [5.74, 6) is 1.00. The Labute approximate surface area is 437 Å². The Bertz CT molecular complexity index is 4040. The maximum absolute atomic E-state index is 2.62. The van der Waals surface area contributed by atoms with E-state index in [1.165, 1.54) is 128 Å². The van der Waals surface area contributed by atoms with Crippen LogP contribution in [0.5, 0.6) is 0 Å². The molecule has 0 saturated heterocycles. The van der Waals surface area contributed by atoms with E-state index in [2.05, 4.69) is 265 Å². The number of para-hydroxylation sites is 2. The van der Waals surface area contributed by atoms with E-state index < -0.39 is 0 Å². The van der Waals surface area contributed by atoms with Crippen LogP contribution in [-0.4, -0.2) is 0 Å². The minimum Gasteiger partial charge on any atom is -0.310 e. The van der Waals surface area contributed by atoms with E-state index in [0.717, 1.165) is 18.5 Å². The van der Waals surface area contributed by atoms with Crippen LogP contribution in [0.4, 0.5) is 34.1 Å². The summed E-state index contributed by atoms with van der Waals surface area (Å²) in [6.07, 6.45) is 4.64. The molecule has 3 unspecified atom stereocenters. The predicted octanol–water partition coefficient (Wildman–Crippen LogP) is 19.6. The second-order valence-electron chi connectivity index (χ2n) is 20.7. The number of thiophene rings is 1. The van der Waals surface area contributed by atoms with E-state index in [1.807, 2.05) is 11.3 Å². The molecule has 2 nitrogen and oxygen atoms in total. The van der Waals surface area contributed by atoms with Crippen LogP contribution in [0.15, 0.2) is 255 Å². The van der Waals surface area contributed by atoms with Crippen LogP contribution in [0.1, 0.15) is 35.1 Å². The number of nitrogens with zero attached hydrogens (tertiary/aromatic N) is 2. The van der Waals surface area contributed by atoms with Crippen LogP contribution < -0.4 is 9.80 Å². The van der Waals surface area contributed by atoms with Crippen molar-refractivity contribution < 1.29 is 0 Å². The monoisotopic (exact) mass is 964 g/mol. The van der Waals surface area contributed by atoms with Crippen LogP contribution in [0, 0.1) is 11.8 Å². The predicted molar refractivity (Wildman–Crippen MR) is 313 cm³/mol. The molecular formula is C71H52N2S. The van der Waals surface area contributed by atoms with Gasteiger partial charge in [0.05, 0.1) is 11.4 Å². The van der Waals surface area contributed by atoms with E-state index in [-0.39, 0.29) is 5.41 Å². The first kappa shape index (κ1) is 43.1. The Morgan fingerprint density at radius 3 is 1.51 bits per heavy atom. The normalized spacial score (nSPS) is 17.3. The third-order valence-corrected chi connectivity index (χ3v) is 18.1. The molecule has 11 aromatic carbocycles. The van der Waals surface area contributed by atoms with Gasteiger partial charge in [-0.15, -0.1) is 11.3 Å². The molecule has 3 aliphatic carbocycles. The van der Waals surface area contributed by atoms with Crippen molar-refractivity contribution in [2.24, 2.45) is 11.8 Å². The highest BCUT2D eigenvalue weighted by atomic mass is 32.1. The van der Waals surface area contributed by atoms with E-state index in [9.17, 15) is 0 Å². The summed E-state index contributed by atoms with van der Waals surface area (Å²) in [6, 6.07) is 95.4. The van der Waals surface area contributed by atoms with Gasteiger partial charge in [0.1, 0.15) is 0 Å². The van der Waals surface area contributed by atoms with Gasteiger partial charge >= 0.3 is 0 Å². The molecule has 1 saturated carbocycles. The molecule has 0 amide bonds. The number of hydrogen-bond donors (Lipinski definition) is 0. The van der Waals surface area contributed by atoms with Gasteiger partial charge in [0.2, 0.25) is 0 Å². The molecule has 0 N–H and O–H groups in total. The zero-order chi connectivity index (χ0) is 48.7. The van der Waals surface area contributed by atoms with E-state index in [4.69, 9.17) is 0 Å². The van der Waals surface area contributed by atoms with Crippen LogP contribution in [0.25, 0.3) is 64.3 Å². The van der Waals surface area contributed by atoms with Crippen LogP contribution in [0.2, 0.25) is 0 Å². The second-order valence-corrected chi connectivity index (χ2v) is 21.8. The summed E-state index contributed by atoms with van der Waals surface area (Å²) in [5.41, 5.74) is 20.6. The number of fused-ring (bicyclic) bond motifs is 6. The van der Waals surface area contributed by atoms with Crippen molar-refractivity contribution in [3.8, 4) is 33.4 Å². The minimum absolute atomic E-state index is 0.157. The largest absolute Gasteiger partial charge is 0.310 e. The summed E-state index contributed by atoms with van der Waals surface area (Å²) in [5, 5.41) is 5.14. The molecule has 3 heteroatoms. The summed E-state index contributed by atoms with van der Waals surface area (Å²) in [6.45, 7) is 0. The standard InChI is InChI=1S/C71H52N2S/c1-4-16-47(17-5-1)48-30-32-51(33-31-48)68-60-25-11-10-18-49(60)36-42-61(68)50-34-39-58(40-35-50)73(59-41-43-63-62-26-12-13-29-66(62)74-67(63)46-59)65-28-15-20-53-45-55-38-37-54-44-52-19-14-27-64(69(52)71(54,55)70(53)65)72(56-21-6-2-7-22-56)57-23-8-3-9-24-57/h1-36,39-43,46,54-55H,37-38,44-45H2. The lowest BCUT2D eigenvalue weighted by Gasteiger charge is -2.40. The topological polar surface area (TPSA) is 6.48 Å². The van der Waals surface area contributed by atoms with Crippen molar-refractivity contribution in [2.45, 2.75) is 31.1 Å². The highest BCUT2D eigenvalue weighted by molar-refractivity contribution is 7.25. The molecule has 1 aromatic heterocycles. The van der Waals surface area contributed by atoms with Gasteiger partial charge < -0.3 is 9.80 Å². The number of anilines is 6. The lowest BCUT2D eigenvalue weighted by atomic mass is 9.68. The number of hydrogen-bond acceptors (Lipinski definition) is 3. The summed E-state index contributed by atoms with van der Waals surface area (Å²) in [7, 11) is 0. The molecule has 12 aromatic rings. The molecule has 15 rings (SSSR count). The summed E-state index contributed by atoms with van der Waals surface area (Å²) >= 11 is 1.90. The molecule has 3 atom stereocenters. The Balaban J connectivity index is 0.922. The zero-order valence-electron chi connectivity index (χ0n) is 41.0. The van der Waals surface area contributed by atoms with Crippen molar-refractivity contribution in [2.75, 3.05) is 9.80 Å². The highest BCUT2D eigenvalue weighted by Gasteiger charge is 2.62. The molecule has 74 heavy (non-hydrogen) atoms. The molecular weight excluding hydrogens is 913 g/mol. The highest BCUT2D eigenvalue weighted by Crippen LogP contribution is 2.69. The molecule has 1 heterocycles. The van der Waals surface area contributed by atoms with Crippen LogP contribution in [-0.2, 0) is 18.3 Å². The van der Waals surface area contributed by atoms with E-state index >= 15 is 0 Å². The first-order valence-corrected chi connectivity index (χ1v) is 27.2. The third-order valence-electron chi connectivity index (χ3n) is 16.9. The van der Waals surface area contributed by atoms with Crippen molar-refractivity contribution in [1.82, 2.24) is 0 Å². The lowest BCUT2D eigenvalue weighted by Crippen LogP contribution is -2.34. The Hall–Kier alpha value is -8.50. The first-order valence-electron chi connectivity index (χ1n) is 26.3. The van der Waals surface area contributed by atoms with E-state index in [0.29, 0.717) is 11.8 Å². The lowest BCUT2D eigenvalue weighted by molar-refractivity contribution is 0.350. The fourth-order valence-corrected chi connectivity index (χ4v) is 15.1. The Morgan fingerprint density at radius 2 is 0.851 bits per heavy atom. The van der Waals surface area contributed by atoms with Crippen LogP contribution in [0.3, 0.4) is 0 Å². The number of rotatable bonds is 9. The summed E-state index contributed by atoms with van der Waals surface area (Å²) in [4.78, 5) is 5.16. The van der Waals surface area contributed by atoms with Crippen LogP contribution >= 0.6 is 11.3 Å². The van der Waals surface area contributed by atoms with Gasteiger partial charge in [0.25, 0.3) is 0 Å². The van der Waals surface area contributed by atoms with Gasteiger partial charge in [-0.2, -0.15) is 0 Å². The molecule has 1 spiro atoms. The van der Waals surface area contributed by atoms with Crippen molar-refractivity contribution in [3.05, 3.63) is 277 Å². The Morgan fingerprint density at radius 1 is 0.351 bits per heavy atom. The smallest absolute Gasteiger partial charge is 0.0505 e. The zero-order valence-corrected chi connectivity index (χ0v) is 41.9. The fourth-order valence-electron chi connectivity index (χ4n) is 14.0. The molecule has 1 fully saturated rings. The second kappa shape index (κ2) is 17.3. The molecule has 0 bridgehead atoms. The Kier molecular flexibility index (Phi) is 10.1. The maximum Gasteiger partial charge on any atom is 0.0505 e. The average Bonchev–Trinajstić information content (AvgIpc) is 4.21. The van der Waals surface area contributed by atoms with Gasteiger partial charge in [-0.05, 0) is 171 Å². The molecule has 3 aliphatic rings. The van der Waals surface area contributed by atoms with Gasteiger partial charge in [0, 0.05) is 48.3 Å². The molecule has 0 aliphatic heterocycles. The summed E-state index contributed by atoms with van der Waals surface area (Å²) < 4.78 is 2.63. The first-order chi connectivity index (χ1) is 36.7. The fraction of sp³-hybridized carbons (Fsp3) is 0.0986. The minimum atomic E-state index is -0.157. The van der Waals surface area contributed by atoms with Gasteiger partial charge in [0.15, 0.2) is 0 Å². The number of benzene rings is 11.